The highest BCUT2D eigenvalue weighted by atomic mass is 15.2. The third-order valence-corrected chi connectivity index (χ3v) is 11.8. The van der Waals surface area contributed by atoms with Gasteiger partial charge in [0.1, 0.15) is 0 Å². The van der Waals surface area contributed by atoms with Gasteiger partial charge in [-0.2, -0.15) is 0 Å². The molecule has 2 aliphatic rings. The zero-order valence-electron chi connectivity index (χ0n) is 29.7. The number of aromatic nitrogens is 1. The van der Waals surface area contributed by atoms with Gasteiger partial charge in [-0.1, -0.05) is 153 Å². The Kier molecular flexibility index (Phi) is 6.76. The van der Waals surface area contributed by atoms with Crippen molar-refractivity contribution in [1.82, 2.24) is 4.57 Å². The minimum atomic E-state index is 0.143. The van der Waals surface area contributed by atoms with E-state index in [0.29, 0.717) is 0 Å². The van der Waals surface area contributed by atoms with E-state index in [1.807, 2.05) is 0 Å². The first-order valence-corrected chi connectivity index (χ1v) is 19.0. The Balaban J connectivity index is 1.12. The van der Waals surface area contributed by atoms with Gasteiger partial charge in [0.2, 0.25) is 0 Å². The molecule has 0 amide bonds. The molecule has 252 valence electrons. The average Bonchev–Trinajstić information content (AvgIpc) is 3.74. The van der Waals surface area contributed by atoms with Crippen molar-refractivity contribution in [2.24, 2.45) is 0 Å². The summed E-state index contributed by atoms with van der Waals surface area (Å²) in [6.45, 7) is 2.25. The molecule has 2 unspecified atom stereocenters. The van der Waals surface area contributed by atoms with E-state index in [0.717, 1.165) is 12.8 Å². The molecule has 0 saturated heterocycles. The zero-order chi connectivity index (χ0) is 35.0. The second-order valence-electron chi connectivity index (χ2n) is 14.7. The SMILES string of the molecule is CCCc1cccc(-c2ccccc2-n2c3c(c4ccccc42)C2c4ccccc4N(c4ccc5c6ccccc6c6ccccc6c5c4)C2C=C3)c1. The Labute approximate surface area is 309 Å². The normalized spacial score (nSPS) is 16.1. The van der Waals surface area contributed by atoms with Gasteiger partial charge in [0.05, 0.1) is 22.9 Å². The highest BCUT2D eigenvalue weighted by Gasteiger charge is 2.43. The molecule has 0 fully saturated rings. The van der Waals surface area contributed by atoms with Gasteiger partial charge in [0.25, 0.3) is 0 Å². The molecule has 8 aromatic carbocycles. The number of rotatable bonds is 5. The fourth-order valence-corrected chi connectivity index (χ4v) is 9.66. The van der Waals surface area contributed by atoms with Gasteiger partial charge in [-0.05, 0) is 97.4 Å². The predicted octanol–water partition coefficient (Wildman–Crippen LogP) is 13.4. The topological polar surface area (TPSA) is 8.17 Å². The second kappa shape index (κ2) is 11.8. The van der Waals surface area contributed by atoms with Gasteiger partial charge in [-0.15, -0.1) is 0 Å². The summed E-state index contributed by atoms with van der Waals surface area (Å²) in [5.74, 6) is 0.182. The van der Waals surface area contributed by atoms with Crippen LogP contribution in [0.15, 0.2) is 170 Å². The summed E-state index contributed by atoms with van der Waals surface area (Å²) in [6.07, 6.45) is 7.10. The van der Waals surface area contributed by atoms with Crippen LogP contribution in [0.25, 0.3) is 66.1 Å². The molecule has 9 aromatic rings. The molecular formula is C51H38N2. The molecule has 11 rings (SSSR count). The van der Waals surface area contributed by atoms with Crippen LogP contribution in [0.1, 0.15) is 41.6 Å². The Bertz CT molecular complexity index is 2910. The number of aryl methyl sites for hydroxylation is 1. The number of hydrogen-bond donors (Lipinski definition) is 0. The lowest BCUT2D eigenvalue weighted by Crippen LogP contribution is -2.30. The molecular weight excluding hydrogens is 641 g/mol. The van der Waals surface area contributed by atoms with Crippen LogP contribution in [0.2, 0.25) is 0 Å². The fraction of sp³-hybridized carbons (Fsp3) is 0.0980. The van der Waals surface area contributed by atoms with Gasteiger partial charge in [-0.3, -0.25) is 0 Å². The Morgan fingerprint density at radius 1 is 0.528 bits per heavy atom. The largest absolute Gasteiger partial charge is 0.333 e. The van der Waals surface area contributed by atoms with Crippen molar-refractivity contribution in [3.05, 3.63) is 192 Å². The summed E-state index contributed by atoms with van der Waals surface area (Å²) in [4.78, 5) is 2.60. The first-order valence-electron chi connectivity index (χ1n) is 19.0. The van der Waals surface area contributed by atoms with Gasteiger partial charge in [0, 0.05) is 28.2 Å². The number of benzene rings is 8. The van der Waals surface area contributed by atoms with Crippen molar-refractivity contribution < 1.29 is 0 Å². The number of fused-ring (bicyclic) bond motifs is 13. The van der Waals surface area contributed by atoms with Crippen LogP contribution in [0.3, 0.4) is 0 Å². The second-order valence-corrected chi connectivity index (χ2v) is 14.7. The molecule has 1 aromatic heterocycles. The Hall–Kier alpha value is -6.38. The number of anilines is 2. The maximum absolute atomic E-state index is 2.60. The van der Waals surface area contributed by atoms with Crippen molar-refractivity contribution in [2.45, 2.75) is 31.7 Å². The lowest BCUT2D eigenvalue weighted by molar-refractivity contribution is 0.726. The van der Waals surface area contributed by atoms with Crippen molar-refractivity contribution in [3.63, 3.8) is 0 Å². The van der Waals surface area contributed by atoms with E-state index < -0.39 is 0 Å². The molecule has 0 N–H and O–H groups in total. The average molecular weight is 679 g/mol. The highest BCUT2D eigenvalue weighted by Crippen LogP contribution is 2.54. The van der Waals surface area contributed by atoms with E-state index in [2.05, 4.69) is 192 Å². The van der Waals surface area contributed by atoms with Gasteiger partial charge >= 0.3 is 0 Å². The lowest BCUT2D eigenvalue weighted by atomic mass is 9.82. The first-order chi connectivity index (χ1) is 26.3. The van der Waals surface area contributed by atoms with E-state index in [9.17, 15) is 0 Å². The molecule has 2 heteroatoms. The van der Waals surface area contributed by atoms with Crippen LogP contribution >= 0.6 is 0 Å². The summed E-state index contributed by atoms with van der Waals surface area (Å²) in [7, 11) is 0. The standard InChI is InChI=1S/C51H38N2/c1-2-14-33-15-13-16-34(31-33)36-17-7-10-24-45(36)53-47-26-12-9-23-43(47)51-49(53)30-29-48-50(51)42-22-8-11-25-46(42)52(48)35-27-28-41-39-20-4-3-18-37(39)38-19-5-6-21-40(38)44(41)32-35/h3-13,15-32,48,50H,2,14H2,1H3. The van der Waals surface area contributed by atoms with Crippen LogP contribution in [-0.2, 0) is 6.42 Å². The van der Waals surface area contributed by atoms with E-state index in [4.69, 9.17) is 0 Å². The fourth-order valence-electron chi connectivity index (χ4n) is 9.66. The molecule has 1 aliphatic carbocycles. The van der Waals surface area contributed by atoms with E-state index >= 15 is 0 Å². The van der Waals surface area contributed by atoms with Gasteiger partial charge in [-0.25, -0.2) is 0 Å². The summed E-state index contributed by atoms with van der Waals surface area (Å²) >= 11 is 0. The maximum atomic E-state index is 2.60. The molecule has 2 heterocycles. The van der Waals surface area contributed by atoms with Crippen molar-refractivity contribution in [1.29, 1.82) is 0 Å². The summed E-state index contributed by atoms with van der Waals surface area (Å²) in [5, 5.41) is 9.15. The molecule has 0 spiro atoms. The van der Waals surface area contributed by atoms with Crippen LogP contribution in [0, 0.1) is 0 Å². The molecule has 0 saturated carbocycles. The van der Waals surface area contributed by atoms with Crippen LogP contribution in [0.4, 0.5) is 11.4 Å². The molecule has 0 bridgehead atoms. The smallest absolute Gasteiger partial charge is 0.0637 e. The van der Waals surface area contributed by atoms with Gasteiger partial charge in [0.15, 0.2) is 0 Å². The molecule has 0 radical (unpaired) electrons. The summed E-state index contributed by atoms with van der Waals surface area (Å²) in [6, 6.07) is 61.2. The van der Waals surface area contributed by atoms with Crippen molar-refractivity contribution in [2.75, 3.05) is 4.90 Å². The van der Waals surface area contributed by atoms with Crippen molar-refractivity contribution in [3.8, 4) is 16.8 Å². The minimum absolute atomic E-state index is 0.143. The summed E-state index contributed by atoms with van der Waals surface area (Å²) < 4.78 is 2.53. The van der Waals surface area contributed by atoms with E-state index in [1.165, 1.54) is 93.8 Å². The Morgan fingerprint density at radius 3 is 1.94 bits per heavy atom. The number of nitrogens with zero attached hydrogens (tertiary/aromatic N) is 2. The molecule has 1 aliphatic heterocycles. The minimum Gasteiger partial charge on any atom is -0.333 e. The molecule has 53 heavy (non-hydrogen) atoms. The summed E-state index contributed by atoms with van der Waals surface area (Å²) in [5.41, 5.74) is 13.0. The lowest BCUT2D eigenvalue weighted by Gasteiger charge is -2.31. The van der Waals surface area contributed by atoms with Crippen LogP contribution in [0.5, 0.6) is 0 Å². The third kappa shape index (κ3) is 4.45. The molecule has 2 atom stereocenters. The first kappa shape index (κ1) is 30.3. The van der Waals surface area contributed by atoms with E-state index in [-0.39, 0.29) is 12.0 Å². The van der Waals surface area contributed by atoms with Crippen LogP contribution < -0.4 is 4.90 Å². The zero-order valence-corrected chi connectivity index (χ0v) is 29.7. The third-order valence-electron chi connectivity index (χ3n) is 11.8. The monoisotopic (exact) mass is 678 g/mol. The van der Waals surface area contributed by atoms with Gasteiger partial charge < -0.3 is 9.47 Å². The quantitative estimate of drug-likeness (QED) is 0.165. The van der Waals surface area contributed by atoms with Crippen LogP contribution in [-0.4, -0.2) is 10.6 Å². The van der Waals surface area contributed by atoms with Crippen molar-refractivity contribution >= 4 is 60.7 Å². The highest BCUT2D eigenvalue weighted by molar-refractivity contribution is 6.25. The predicted molar refractivity (Wildman–Crippen MR) is 225 cm³/mol. The maximum Gasteiger partial charge on any atom is 0.0637 e. The molecule has 2 nitrogen and oxygen atoms in total. The number of para-hydroxylation sites is 3. The Morgan fingerprint density at radius 2 is 1.17 bits per heavy atom. The van der Waals surface area contributed by atoms with E-state index in [1.54, 1.807) is 0 Å². The number of hydrogen-bond acceptors (Lipinski definition) is 1.